The molecule has 1 fully saturated rings. The molecular weight excluding hydrogens is 210 g/mol. The van der Waals surface area contributed by atoms with Crippen molar-refractivity contribution in [3.63, 3.8) is 0 Å². The molecule has 0 amide bonds. The van der Waals surface area contributed by atoms with E-state index in [4.69, 9.17) is 17.4 Å². The predicted molar refractivity (Wildman–Crippen MR) is 63.1 cm³/mol. The molecule has 2 rings (SSSR count). The normalized spacial score (nSPS) is 16.6. The fourth-order valence-corrected chi connectivity index (χ4v) is 1.50. The molecule has 0 heterocycles. The summed E-state index contributed by atoms with van der Waals surface area (Å²) in [5.74, 6) is 6.17. The number of benzene rings is 1. The average molecular weight is 224 g/mol. The molecule has 3 N–H and O–H groups in total. The number of nitrogens with two attached hydrogens (primary N) is 1. The lowest BCUT2D eigenvalue weighted by Crippen LogP contribution is -2.31. The molecule has 15 heavy (non-hydrogen) atoms. The summed E-state index contributed by atoms with van der Waals surface area (Å²) >= 11 is 6.04. The quantitative estimate of drug-likeness (QED) is 0.349. The second kappa shape index (κ2) is 4.21. The second-order valence-corrected chi connectivity index (χ2v) is 4.22. The summed E-state index contributed by atoms with van der Waals surface area (Å²) in [6, 6.07) is 6.27. The molecular formula is C11H14ClN3. The summed E-state index contributed by atoms with van der Waals surface area (Å²) in [7, 11) is 0. The van der Waals surface area contributed by atoms with Crippen LogP contribution in [0.5, 0.6) is 0 Å². The van der Waals surface area contributed by atoms with Crippen molar-refractivity contribution in [3.05, 3.63) is 34.3 Å². The zero-order valence-electron chi connectivity index (χ0n) is 8.63. The van der Waals surface area contributed by atoms with Crippen LogP contribution in [0.2, 0.25) is 5.02 Å². The third-order valence-corrected chi connectivity index (χ3v) is 2.85. The highest BCUT2D eigenvalue weighted by Gasteiger charge is 2.21. The molecule has 1 aliphatic rings. The van der Waals surface area contributed by atoms with Crippen LogP contribution in [0, 0.1) is 6.92 Å². The van der Waals surface area contributed by atoms with Crippen LogP contribution in [0.3, 0.4) is 0 Å². The van der Waals surface area contributed by atoms with Crippen LogP contribution in [-0.2, 0) is 0 Å². The van der Waals surface area contributed by atoms with Crippen LogP contribution in [0.25, 0.3) is 0 Å². The van der Waals surface area contributed by atoms with Gasteiger partial charge in [0, 0.05) is 10.6 Å². The van der Waals surface area contributed by atoms with Crippen LogP contribution in [0.1, 0.15) is 24.0 Å². The Morgan fingerprint density at radius 3 is 2.80 bits per heavy atom. The van der Waals surface area contributed by atoms with Gasteiger partial charge in [-0.2, -0.15) is 0 Å². The summed E-state index contributed by atoms with van der Waals surface area (Å²) < 4.78 is 0. The maximum atomic E-state index is 6.04. The molecule has 1 aromatic carbocycles. The Morgan fingerprint density at radius 1 is 1.53 bits per heavy atom. The molecule has 4 heteroatoms. The highest BCUT2D eigenvalue weighted by Crippen LogP contribution is 2.24. The second-order valence-electron chi connectivity index (χ2n) is 3.82. The van der Waals surface area contributed by atoms with Gasteiger partial charge in [0.2, 0.25) is 0 Å². The van der Waals surface area contributed by atoms with Crippen molar-refractivity contribution in [2.75, 3.05) is 0 Å². The molecule has 1 aliphatic carbocycles. The van der Waals surface area contributed by atoms with Gasteiger partial charge in [-0.05, 0) is 31.4 Å². The first-order chi connectivity index (χ1) is 7.20. The minimum atomic E-state index is 0.441. The monoisotopic (exact) mass is 223 g/mol. The number of hydrazine groups is 1. The van der Waals surface area contributed by atoms with E-state index in [1.165, 1.54) is 0 Å². The Hall–Kier alpha value is -1.06. The third-order valence-electron chi connectivity index (χ3n) is 2.44. The molecule has 1 aromatic rings. The molecule has 0 spiro atoms. The van der Waals surface area contributed by atoms with Crippen molar-refractivity contribution in [3.8, 4) is 0 Å². The van der Waals surface area contributed by atoms with Gasteiger partial charge in [0.25, 0.3) is 0 Å². The minimum Gasteiger partial charge on any atom is -0.308 e. The number of aliphatic imine (C=N–C) groups is 1. The topological polar surface area (TPSA) is 50.4 Å². The predicted octanol–water partition coefficient (Wildman–Crippen LogP) is 2.02. The van der Waals surface area contributed by atoms with Gasteiger partial charge in [-0.15, -0.1) is 0 Å². The van der Waals surface area contributed by atoms with Gasteiger partial charge in [0.15, 0.2) is 0 Å². The van der Waals surface area contributed by atoms with E-state index in [9.17, 15) is 0 Å². The number of nitrogens with zero attached hydrogens (tertiary/aromatic N) is 1. The van der Waals surface area contributed by atoms with E-state index in [0.717, 1.165) is 34.8 Å². The molecule has 3 nitrogen and oxygen atoms in total. The molecule has 80 valence electrons. The van der Waals surface area contributed by atoms with Gasteiger partial charge in [-0.1, -0.05) is 23.7 Å². The van der Waals surface area contributed by atoms with E-state index < -0.39 is 0 Å². The Labute approximate surface area is 94.3 Å². The number of hydrogen-bond donors (Lipinski definition) is 2. The largest absolute Gasteiger partial charge is 0.308 e. The van der Waals surface area contributed by atoms with E-state index in [-0.39, 0.29) is 0 Å². The Bertz CT molecular complexity index is 397. The number of rotatable bonds is 2. The van der Waals surface area contributed by atoms with E-state index in [1.807, 2.05) is 25.1 Å². The molecule has 0 atom stereocenters. The van der Waals surface area contributed by atoms with Crippen LogP contribution in [0.15, 0.2) is 23.2 Å². The number of nitrogens with one attached hydrogen (secondary N) is 1. The van der Waals surface area contributed by atoms with E-state index >= 15 is 0 Å². The first-order valence-corrected chi connectivity index (χ1v) is 5.39. The highest BCUT2D eigenvalue weighted by molar-refractivity contribution is 6.31. The van der Waals surface area contributed by atoms with Gasteiger partial charge in [-0.3, -0.25) is 4.99 Å². The van der Waals surface area contributed by atoms with Crippen molar-refractivity contribution < 1.29 is 0 Å². The van der Waals surface area contributed by atoms with E-state index in [1.54, 1.807) is 0 Å². The summed E-state index contributed by atoms with van der Waals surface area (Å²) in [6.07, 6.45) is 2.32. The fraction of sp³-hybridized carbons (Fsp3) is 0.364. The van der Waals surface area contributed by atoms with Gasteiger partial charge < -0.3 is 5.43 Å². The lowest BCUT2D eigenvalue weighted by molar-refractivity contribution is 0.971. The van der Waals surface area contributed by atoms with Crippen molar-refractivity contribution in [2.45, 2.75) is 25.8 Å². The molecule has 0 aliphatic heterocycles. The zero-order chi connectivity index (χ0) is 10.8. The molecule has 1 saturated carbocycles. The van der Waals surface area contributed by atoms with Crippen LogP contribution < -0.4 is 11.3 Å². The number of amidine groups is 1. The Balaban J connectivity index is 2.29. The first-order valence-electron chi connectivity index (χ1n) is 5.01. The maximum absolute atomic E-state index is 6.04. The van der Waals surface area contributed by atoms with Crippen molar-refractivity contribution >= 4 is 17.4 Å². The molecule has 0 saturated heterocycles. The van der Waals surface area contributed by atoms with E-state index in [0.29, 0.717) is 6.04 Å². The number of aryl methyl sites for hydroxylation is 1. The van der Waals surface area contributed by atoms with Crippen molar-refractivity contribution in [1.29, 1.82) is 0 Å². The number of halogens is 1. The first kappa shape index (κ1) is 10.5. The van der Waals surface area contributed by atoms with E-state index in [2.05, 4.69) is 10.4 Å². The molecule has 0 bridgehead atoms. The SMILES string of the molecule is Cc1ccc(C(=NC2CC2)NN)cc1Cl. The van der Waals surface area contributed by atoms with Gasteiger partial charge in [-0.25, -0.2) is 5.84 Å². The van der Waals surface area contributed by atoms with Gasteiger partial charge in [0.1, 0.15) is 5.84 Å². The number of hydrogen-bond acceptors (Lipinski definition) is 2. The van der Waals surface area contributed by atoms with Crippen molar-refractivity contribution in [1.82, 2.24) is 5.43 Å². The maximum Gasteiger partial charge on any atom is 0.142 e. The van der Waals surface area contributed by atoms with Crippen molar-refractivity contribution in [2.24, 2.45) is 10.8 Å². The lowest BCUT2D eigenvalue weighted by Gasteiger charge is -2.07. The zero-order valence-corrected chi connectivity index (χ0v) is 9.38. The smallest absolute Gasteiger partial charge is 0.142 e. The standard InChI is InChI=1S/C11H14ClN3/c1-7-2-3-8(6-10(7)12)11(15-13)14-9-4-5-9/h2-3,6,9H,4-5,13H2,1H3,(H,14,15). The summed E-state index contributed by atoms with van der Waals surface area (Å²) in [5.41, 5.74) is 4.63. The molecule has 0 unspecified atom stereocenters. The van der Waals surface area contributed by atoms with Crippen LogP contribution >= 0.6 is 11.6 Å². The molecule has 0 aromatic heterocycles. The average Bonchev–Trinajstić information content (AvgIpc) is 3.02. The highest BCUT2D eigenvalue weighted by atomic mass is 35.5. The lowest BCUT2D eigenvalue weighted by atomic mass is 10.1. The van der Waals surface area contributed by atoms with Gasteiger partial charge >= 0.3 is 0 Å². The third kappa shape index (κ3) is 2.49. The summed E-state index contributed by atoms with van der Waals surface area (Å²) in [6.45, 7) is 1.97. The van der Waals surface area contributed by atoms with Gasteiger partial charge in [0.05, 0.1) is 6.04 Å². The minimum absolute atomic E-state index is 0.441. The fourth-order valence-electron chi connectivity index (χ4n) is 1.32. The summed E-state index contributed by atoms with van der Waals surface area (Å²) in [5, 5.41) is 0.742. The molecule has 0 radical (unpaired) electrons. The van der Waals surface area contributed by atoms with Crippen LogP contribution in [0.4, 0.5) is 0 Å². The Morgan fingerprint density at radius 2 is 2.27 bits per heavy atom. The summed E-state index contributed by atoms with van der Waals surface area (Å²) in [4.78, 5) is 4.47. The Kier molecular flexibility index (Phi) is 2.93. The van der Waals surface area contributed by atoms with Crippen LogP contribution in [-0.4, -0.2) is 11.9 Å².